The number of allylic oxidation sites excluding steroid dienone is 2. The Morgan fingerprint density at radius 1 is 1.08 bits per heavy atom. The predicted octanol–water partition coefficient (Wildman–Crippen LogP) is 2.48. The van der Waals surface area contributed by atoms with Gasteiger partial charge in [0.25, 0.3) is 0 Å². The van der Waals surface area contributed by atoms with Crippen molar-refractivity contribution in [3.63, 3.8) is 0 Å². The van der Waals surface area contributed by atoms with Crippen molar-refractivity contribution in [2.24, 2.45) is 0 Å². The first-order valence-corrected chi connectivity index (χ1v) is 8.07. The Kier molecular flexibility index (Phi) is 5.97. The highest BCUT2D eigenvalue weighted by Gasteiger charge is 2.29. The first-order valence-electron chi connectivity index (χ1n) is 6.99. The molecule has 0 spiro atoms. The summed E-state index contributed by atoms with van der Waals surface area (Å²) in [5.41, 5.74) is 0.422. The minimum absolute atomic E-state index is 0.00382. The summed E-state index contributed by atoms with van der Waals surface area (Å²) in [7, 11) is 2.40. The first kappa shape index (κ1) is 18.7. The zero-order chi connectivity index (χ0) is 18.6. The maximum atomic E-state index is 12.3. The molecule has 1 aromatic rings. The van der Waals surface area contributed by atoms with Crippen LogP contribution in [0.3, 0.4) is 0 Å². The van der Waals surface area contributed by atoms with E-state index in [2.05, 4.69) is 0 Å². The van der Waals surface area contributed by atoms with E-state index in [9.17, 15) is 19.5 Å². The third-order valence-corrected chi connectivity index (χ3v) is 4.49. The topological polar surface area (TPSA) is 93.1 Å². The van der Waals surface area contributed by atoms with E-state index in [1.54, 1.807) is 30.5 Å². The maximum Gasteiger partial charge on any atom is 0.355 e. The summed E-state index contributed by atoms with van der Waals surface area (Å²) in [6, 6.07) is 4.65. The van der Waals surface area contributed by atoms with Crippen molar-refractivity contribution in [3.8, 4) is 0 Å². The molecule has 2 rings (SSSR count). The third-order valence-electron chi connectivity index (χ3n) is 3.36. The van der Waals surface area contributed by atoms with Gasteiger partial charge in [-0.05, 0) is 46.9 Å². The number of nitrogens with zero attached hydrogens (tertiary/aromatic N) is 1. The van der Waals surface area contributed by atoms with Crippen LogP contribution in [-0.4, -0.2) is 37.2 Å². The molecule has 1 aliphatic rings. The molecule has 0 aliphatic carbocycles. The Morgan fingerprint density at radius 3 is 2.36 bits per heavy atom. The Labute approximate surface area is 157 Å². The normalized spacial score (nSPS) is 13.5. The lowest BCUT2D eigenvalue weighted by molar-refractivity contribution is -0.139. The van der Waals surface area contributed by atoms with Gasteiger partial charge in [-0.15, -0.1) is 0 Å². The van der Waals surface area contributed by atoms with Gasteiger partial charge in [-0.3, -0.25) is 0 Å². The van der Waals surface area contributed by atoms with Crippen molar-refractivity contribution in [1.29, 1.82) is 0 Å². The Balaban J connectivity index is 2.74. The number of carbonyl (C=O) groups is 3. The van der Waals surface area contributed by atoms with E-state index in [4.69, 9.17) is 9.47 Å². The Hall–Kier alpha value is -2.62. The van der Waals surface area contributed by atoms with E-state index < -0.39 is 17.9 Å². The van der Waals surface area contributed by atoms with Gasteiger partial charge in [0.15, 0.2) is 0 Å². The van der Waals surface area contributed by atoms with Crippen molar-refractivity contribution in [3.05, 3.63) is 63.0 Å². The summed E-state index contributed by atoms with van der Waals surface area (Å²) in [6.45, 7) is 0. The molecule has 1 aliphatic heterocycles. The van der Waals surface area contributed by atoms with E-state index in [1.165, 1.54) is 31.3 Å². The molecule has 0 atom stereocenters. The Bertz CT molecular complexity index is 824. The number of hydrogen-bond acceptors (Lipinski definition) is 6. The molecule has 0 aromatic heterocycles. The van der Waals surface area contributed by atoms with Crippen molar-refractivity contribution in [1.82, 2.24) is 0 Å². The SMILES string of the molecule is COC(=O)C1=C(C(=O)OC)N(c2cccc(C(=O)O)c2I)C=CC=C1. The van der Waals surface area contributed by atoms with Gasteiger partial charge >= 0.3 is 17.9 Å². The number of carbonyl (C=O) groups excluding carboxylic acids is 2. The van der Waals surface area contributed by atoms with E-state index in [0.29, 0.717) is 9.26 Å². The Morgan fingerprint density at radius 2 is 1.76 bits per heavy atom. The largest absolute Gasteiger partial charge is 0.478 e. The second-order valence-electron chi connectivity index (χ2n) is 4.76. The number of aromatic carboxylic acids is 1. The summed E-state index contributed by atoms with van der Waals surface area (Å²) in [4.78, 5) is 37.2. The van der Waals surface area contributed by atoms with Gasteiger partial charge in [0.05, 0.1) is 34.6 Å². The van der Waals surface area contributed by atoms with Crippen LogP contribution in [0.4, 0.5) is 5.69 Å². The van der Waals surface area contributed by atoms with Crippen LogP contribution in [0.15, 0.2) is 53.9 Å². The monoisotopic (exact) mass is 455 g/mol. The number of benzene rings is 1. The molecule has 0 amide bonds. The van der Waals surface area contributed by atoms with Gasteiger partial charge in [-0.1, -0.05) is 12.1 Å². The molecule has 130 valence electrons. The lowest BCUT2D eigenvalue weighted by atomic mass is 10.1. The minimum Gasteiger partial charge on any atom is -0.478 e. The van der Waals surface area contributed by atoms with E-state index in [1.807, 2.05) is 22.6 Å². The molecular formula is C17H14INO6. The van der Waals surface area contributed by atoms with Crippen LogP contribution in [-0.2, 0) is 19.1 Å². The summed E-state index contributed by atoms with van der Waals surface area (Å²) < 4.78 is 9.95. The van der Waals surface area contributed by atoms with E-state index in [0.717, 1.165) is 0 Å². The molecule has 1 aromatic carbocycles. The van der Waals surface area contributed by atoms with Crippen molar-refractivity contribution in [2.75, 3.05) is 19.1 Å². The lowest BCUT2D eigenvalue weighted by Gasteiger charge is -2.24. The maximum absolute atomic E-state index is 12.3. The second kappa shape index (κ2) is 7.97. The van der Waals surface area contributed by atoms with E-state index >= 15 is 0 Å². The number of esters is 2. The molecule has 0 unspecified atom stereocenters. The highest BCUT2D eigenvalue weighted by molar-refractivity contribution is 14.1. The summed E-state index contributed by atoms with van der Waals surface area (Å²) in [5, 5.41) is 9.31. The van der Waals surface area contributed by atoms with Gasteiger partial charge < -0.3 is 19.5 Å². The van der Waals surface area contributed by atoms with Crippen LogP contribution in [0.1, 0.15) is 10.4 Å². The molecule has 7 nitrogen and oxygen atoms in total. The molecule has 1 N–H and O–H groups in total. The van der Waals surface area contributed by atoms with Crippen LogP contribution in [0.2, 0.25) is 0 Å². The molecule has 0 bridgehead atoms. The fourth-order valence-corrected chi connectivity index (χ4v) is 3.07. The van der Waals surface area contributed by atoms with Gasteiger partial charge in [0.1, 0.15) is 5.70 Å². The van der Waals surface area contributed by atoms with Crippen LogP contribution in [0.5, 0.6) is 0 Å². The quantitative estimate of drug-likeness (QED) is 0.551. The number of ether oxygens (including phenoxy) is 2. The number of halogens is 1. The molecule has 0 radical (unpaired) electrons. The average Bonchev–Trinajstić information content (AvgIpc) is 2.83. The van der Waals surface area contributed by atoms with Gasteiger partial charge in [0, 0.05) is 6.20 Å². The summed E-state index contributed by atoms with van der Waals surface area (Å²) in [6.07, 6.45) is 6.16. The number of carboxylic acids is 1. The molecular weight excluding hydrogens is 441 g/mol. The predicted molar refractivity (Wildman–Crippen MR) is 97.9 cm³/mol. The number of methoxy groups -OCH3 is 2. The number of hydrogen-bond donors (Lipinski definition) is 1. The fourth-order valence-electron chi connectivity index (χ4n) is 2.22. The molecule has 0 fully saturated rings. The van der Waals surface area contributed by atoms with Crippen LogP contribution < -0.4 is 4.90 Å². The molecule has 25 heavy (non-hydrogen) atoms. The smallest absolute Gasteiger partial charge is 0.355 e. The minimum atomic E-state index is -1.10. The molecule has 1 heterocycles. The summed E-state index contributed by atoms with van der Waals surface area (Å²) >= 11 is 1.88. The second-order valence-corrected chi connectivity index (χ2v) is 5.84. The van der Waals surface area contributed by atoms with Crippen LogP contribution in [0.25, 0.3) is 0 Å². The average molecular weight is 455 g/mol. The third kappa shape index (κ3) is 3.73. The van der Waals surface area contributed by atoms with Crippen molar-refractivity contribution in [2.45, 2.75) is 0 Å². The van der Waals surface area contributed by atoms with Crippen molar-refractivity contribution >= 4 is 46.2 Å². The van der Waals surface area contributed by atoms with Gasteiger partial charge in [0.2, 0.25) is 0 Å². The lowest BCUT2D eigenvalue weighted by Crippen LogP contribution is -2.27. The zero-order valence-corrected chi connectivity index (χ0v) is 15.5. The highest BCUT2D eigenvalue weighted by atomic mass is 127. The van der Waals surface area contributed by atoms with Gasteiger partial charge in [-0.2, -0.15) is 0 Å². The van der Waals surface area contributed by atoms with Crippen LogP contribution >= 0.6 is 22.6 Å². The molecule has 8 heteroatoms. The molecule has 0 saturated heterocycles. The van der Waals surface area contributed by atoms with Crippen LogP contribution in [0, 0.1) is 3.57 Å². The summed E-state index contributed by atoms with van der Waals surface area (Å²) in [5.74, 6) is -2.57. The molecule has 0 saturated carbocycles. The number of anilines is 1. The number of carboxylic acid groups (broad SMARTS) is 1. The van der Waals surface area contributed by atoms with Crippen molar-refractivity contribution < 1.29 is 29.0 Å². The standard InChI is InChI=1S/C17H14INO6/c1-24-16(22)11-6-3-4-9-19(14(11)17(23)25-2)12-8-5-7-10(13(12)18)15(20)21/h3-9H,1-2H3,(H,20,21). The van der Waals surface area contributed by atoms with Gasteiger partial charge in [-0.25, -0.2) is 14.4 Å². The fraction of sp³-hybridized carbons (Fsp3) is 0.118. The highest BCUT2D eigenvalue weighted by Crippen LogP contribution is 2.32. The zero-order valence-electron chi connectivity index (χ0n) is 13.4. The first-order chi connectivity index (χ1) is 11.9. The van der Waals surface area contributed by atoms with E-state index in [-0.39, 0.29) is 16.8 Å². The number of rotatable bonds is 4.